The number of ether oxygens (including phenoxy) is 1. The van der Waals surface area contributed by atoms with E-state index in [4.69, 9.17) is 9.73 Å². The Morgan fingerprint density at radius 2 is 1.82 bits per heavy atom. The van der Waals surface area contributed by atoms with Crippen LogP contribution in [0, 0.1) is 0 Å². The number of guanidine groups is 1. The van der Waals surface area contributed by atoms with Crippen LogP contribution in [0.2, 0.25) is 0 Å². The average Bonchev–Trinajstić information content (AvgIpc) is 2.76. The van der Waals surface area contributed by atoms with Crippen molar-refractivity contribution < 1.29 is 4.74 Å². The number of halogens is 1. The van der Waals surface area contributed by atoms with Gasteiger partial charge in [0, 0.05) is 51.0 Å². The SMILES string of the molecule is CCNC(=NCc1ccnc(N2CCN(C)CC2)c1)NCc1ccccc1OC(C)(C)C.I. The number of nitrogens with zero attached hydrogens (tertiary/aromatic N) is 4. The maximum absolute atomic E-state index is 6.12. The van der Waals surface area contributed by atoms with Gasteiger partial charge in [0.1, 0.15) is 17.2 Å². The van der Waals surface area contributed by atoms with Gasteiger partial charge in [0.25, 0.3) is 0 Å². The molecule has 0 atom stereocenters. The van der Waals surface area contributed by atoms with Crippen molar-refractivity contribution >= 4 is 35.8 Å². The summed E-state index contributed by atoms with van der Waals surface area (Å²) >= 11 is 0. The Morgan fingerprint density at radius 1 is 1.09 bits per heavy atom. The molecule has 8 heteroatoms. The van der Waals surface area contributed by atoms with Crippen LogP contribution in [-0.2, 0) is 13.1 Å². The molecule has 0 saturated carbocycles. The summed E-state index contributed by atoms with van der Waals surface area (Å²) in [6.07, 6.45) is 1.89. The molecule has 0 spiro atoms. The number of anilines is 1. The molecule has 7 nitrogen and oxygen atoms in total. The van der Waals surface area contributed by atoms with Crippen molar-refractivity contribution in [1.82, 2.24) is 20.5 Å². The van der Waals surface area contributed by atoms with E-state index >= 15 is 0 Å². The highest BCUT2D eigenvalue weighted by molar-refractivity contribution is 14.0. The number of likely N-dealkylation sites (N-methyl/N-ethyl adjacent to an activating group) is 1. The lowest BCUT2D eigenvalue weighted by Gasteiger charge is -2.33. The van der Waals surface area contributed by atoms with Gasteiger partial charge in [0.05, 0.1) is 6.54 Å². The lowest BCUT2D eigenvalue weighted by molar-refractivity contribution is 0.129. The van der Waals surface area contributed by atoms with E-state index in [9.17, 15) is 0 Å². The lowest BCUT2D eigenvalue weighted by atomic mass is 10.1. The van der Waals surface area contributed by atoms with Gasteiger partial charge >= 0.3 is 0 Å². The molecule has 1 aromatic heterocycles. The van der Waals surface area contributed by atoms with Gasteiger partial charge in [-0.25, -0.2) is 9.98 Å². The minimum Gasteiger partial charge on any atom is -0.488 e. The first-order valence-electron chi connectivity index (χ1n) is 11.5. The van der Waals surface area contributed by atoms with Crippen molar-refractivity contribution in [2.24, 2.45) is 4.99 Å². The first kappa shape index (κ1) is 27.2. The zero-order chi connectivity index (χ0) is 23.0. The van der Waals surface area contributed by atoms with Crippen LogP contribution >= 0.6 is 24.0 Å². The van der Waals surface area contributed by atoms with Gasteiger partial charge in [0.2, 0.25) is 0 Å². The Labute approximate surface area is 216 Å². The first-order valence-corrected chi connectivity index (χ1v) is 11.5. The van der Waals surface area contributed by atoms with E-state index in [1.165, 1.54) is 0 Å². The molecule has 1 aromatic carbocycles. The molecule has 0 amide bonds. The van der Waals surface area contributed by atoms with E-state index in [0.29, 0.717) is 13.1 Å². The molecule has 0 radical (unpaired) electrons. The van der Waals surface area contributed by atoms with E-state index in [1.54, 1.807) is 0 Å². The summed E-state index contributed by atoms with van der Waals surface area (Å²) in [4.78, 5) is 14.1. The molecule has 0 unspecified atom stereocenters. The Hall–Kier alpha value is -2.07. The molecule has 1 aliphatic heterocycles. The lowest BCUT2D eigenvalue weighted by Crippen LogP contribution is -2.44. The number of rotatable bonds is 7. The van der Waals surface area contributed by atoms with E-state index in [-0.39, 0.29) is 29.6 Å². The van der Waals surface area contributed by atoms with Gasteiger partial charge in [-0.2, -0.15) is 0 Å². The van der Waals surface area contributed by atoms with Crippen LogP contribution in [0.3, 0.4) is 0 Å². The van der Waals surface area contributed by atoms with E-state index in [2.05, 4.69) is 72.3 Å². The fourth-order valence-electron chi connectivity index (χ4n) is 3.54. The molecule has 182 valence electrons. The molecule has 1 aliphatic rings. The molecule has 0 bridgehead atoms. The highest BCUT2D eigenvalue weighted by Gasteiger charge is 2.16. The van der Waals surface area contributed by atoms with E-state index < -0.39 is 0 Å². The fourth-order valence-corrected chi connectivity index (χ4v) is 3.54. The molecular weight excluding hydrogens is 527 g/mol. The molecule has 0 aliphatic carbocycles. The predicted molar refractivity (Wildman–Crippen MR) is 148 cm³/mol. The second-order valence-electron chi connectivity index (χ2n) is 9.18. The van der Waals surface area contributed by atoms with Gasteiger partial charge in [0.15, 0.2) is 5.96 Å². The quantitative estimate of drug-likeness (QED) is 0.302. The van der Waals surface area contributed by atoms with Crippen LogP contribution in [0.15, 0.2) is 47.6 Å². The van der Waals surface area contributed by atoms with Crippen molar-refractivity contribution in [1.29, 1.82) is 0 Å². The van der Waals surface area contributed by atoms with Crippen LogP contribution < -0.4 is 20.3 Å². The molecule has 3 rings (SSSR count). The predicted octanol–water partition coefficient (Wildman–Crippen LogP) is 3.88. The average molecular weight is 567 g/mol. The summed E-state index contributed by atoms with van der Waals surface area (Å²) in [5, 5.41) is 6.78. The number of hydrogen-bond donors (Lipinski definition) is 2. The van der Waals surface area contributed by atoms with Crippen LogP contribution in [-0.4, -0.2) is 61.2 Å². The number of nitrogens with one attached hydrogen (secondary N) is 2. The van der Waals surface area contributed by atoms with Crippen LogP contribution in [0.4, 0.5) is 5.82 Å². The standard InChI is InChI=1S/C25H38N6O.HI/c1-6-26-24(29-19-21-9-7-8-10-22(21)32-25(2,3)4)28-18-20-11-12-27-23(17-20)31-15-13-30(5)14-16-31;/h7-12,17H,6,13-16,18-19H2,1-5H3,(H2,26,28,29);1H. The summed E-state index contributed by atoms with van der Waals surface area (Å²) in [7, 11) is 2.17. The second kappa shape index (κ2) is 13.0. The molecule has 2 N–H and O–H groups in total. The number of hydrogen-bond acceptors (Lipinski definition) is 5. The smallest absolute Gasteiger partial charge is 0.191 e. The van der Waals surface area contributed by atoms with Crippen molar-refractivity contribution in [2.45, 2.75) is 46.4 Å². The van der Waals surface area contributed by atoms with Gasteiger partial charge in [-0.3, -0.25) is 0 Å². The number of pyridine rings is 1. The minimum absolute atomic E-state index is 0. The minimum atomic E-state index is -0.239. The topological polar surface area (TPSA) is 65.0 Å². The van der Waals surface area contributed by atoms with Crippen LogP contribution in [0.5, 0.6) is 5.75 Å². The summed E-state index contributed by atoms with van der Waals surface area (Å²) < 4.78 is 6.12. The van der Waals surface area contributed by atoms with Crippen molar-refractivity contribution in [3.05, 3.63) is 53.7 Å². The van der Waals surface area contributed by atoms with Crippen molar-refractivity contribution in [3.8, 4) is 5.75 Å². The molecule has 1 saturated heterocycles. The summed E-state index contributed by atoms with van der Waals surface area (Å²) in [5.41, 5.74) is 2.02. The van der Waals surface area contributed by atoms with Gasteiger partial charge in [-0.1, -0.05) is 18.2 Å². The van der Waals surface area contributed by atoms with E-state index in [0.717, 1.165) is 61.4 Å². The van der Waals surface area contributed by atoms with Crippen LogP contribution in [0.25, 0.3) is 0 Å². The Bertz CT molecular complexity index is 890. The number of piperazine rings is 1. The Morgan fingerprint density at radius 3 is 2.52 bits per heavy atom. The third-order valence-electron chi connectivity index (χ3n) is 5.24. The normalized spacial score (nSPS) is 15.1. The van der Waals surface area contributed by atoms with Crippen molar-refractivity contribution in [2.75, 3.05) is 44.7 Å². The third kappa shape index (κ3) is 9.00. The summed E-state index contributed by atoms with van der Waals surface area (Å²) in [5.74, 6) is 2.72. The Kier molecular flexibility index (Phi) is 10.7. The number of para-hydroxylation sites is 1. The van der Waals surface area contributed by atoms with E-state index in [1.807, 2.05) is 30.5 Å². The third-order valence-corrected chi connectivity index (χ3v) is 5.24. The number of benzene rings is 1. The highest BCUT2D eigenvalue weighted by Crippen LogP contribution is 2.23. The van der Waals surface area contributed by atoms with Crippen LogP contribution in [0.1, 0.15) is 38.8 Å². The largest absolute Gasteiger partial charge is 0.488 e. The van der Waals surface area contributed by atoms with Gasteiger partial charge < -0.3 is 25.2 Å². The maximum atomic E-state index is 6.12. The molecule has 1 fully saturated rings. The first-order chi connectivity index (χ1) is 15.3. The maximum Gasteiger partial charge on any atom is 0.191 e. The number of aliphatic imine (C=N–C) groups is 1. The van der Waals surface area contributed by atoms with Gasteiger partial charge in [-0.05, 0) is 58.5 Å². The van der Waals surface area contributed by atoms with Gasteiger partial charge in [-0.15, -0.1) is 24.0 Å². The summed E-state index contributed by atoms with van der Waals surface area (Å²) in [6, 6.07) is 12.3. The Balaban J connectivity index is 0.00000385. The molecule has 2 aromatic rings. The molecule has 2 heterocycles. The van der Waals surface area contributed by atoms with Crippen molar-refractivity contribution in [3.63, 3.8) is 0 Å². The fraction of sp³-hybridized carbons (Fsp3) is 0.520. The number of aromatic nitrogens is 1. The monoisotopic (exact) mass is 566 g/mol. The zero-order valence-corrected chi connectivity index (χ0v) is 22.9. The summed E-state index contributed by atoms with van der Waals surface area (Å²) in [6.45, 7) is 14.5. The zero-order valence-electron chi connectivity index (χ0n) is 20.6. The molecular formula is C25H39IN6O. The second-order valence-corrected chi connectivity index (χ2v) is 9.18. The highest BCUT2D eigenvalue weighted by atomic mass is 127. The molecule has 33 heavy (non-hydrogen) atoms.